The van der Waals surface area contributed by atoms with Crippen LogP contribution in [-0.4, -0.2) is 34.6 Å². The minimum Gasteiger partial charge on any atom is -0.370 e. The van der Waals surface area contributed by atoms with Crippen molar-refractivity contribution < 1.29 is 0 Å². The Kier molecular flexibility index (Phi) is 6.86. The highest BCUT2D eigenvalue weighted by molar-refractivity contribution is 7.98. The first-order valence-electron chi connectivity index (χ1n) is 6.56. The van der Waals surface area contributed by atoms with Gasteiger partial charge >= 0.3 is 0 Å². The van der Waals surface area contributed by atoms with Gasteiger partial charge in [-0.25, -0.2) is 9.97 Å². The summed E-state index contributed by atoms with van der Waals surface area (Å²) in [4.78, 5) is 8.72. The second kappa shape index (κ2) is 8.19. The molecule has 4 nitrogen and oxygen atoms in total. The van der Waals surface area contributed by atoms with E-state index in [0.717, 1.165) is 36.8 Å². The highest BCUT2D eigenvalue weighted by atomic mass is 32.2. The number of aromatic nitrogens is 2. The van der Waals surface area contributed by atoms with E-state index < -0.39 is 0 Å². The van der Waals surface area contributed by atoms with Crippen molar-refractivity contribution in [1.29, 1.82) is 0 Å². The van der Waals surface area contributed by atoms with Gasteiger partial charge in [-0.1, -0.05) is 13.3 Å². The molecular formula is C13H24N4S. The van der Waals surface area contributed by atoms with Gasteiger partial charge in [-0.3, -0.25) is 0 Å². The molecule has 18 heavy (non-hydrogen) atoms. The van der Waals surface area contributed by atoms with Gasteiger partial charge in [0.05, 0.1) is 0 Å². The summed E-state index contributed by atoms with van der Waals surface area (Å²) in [6.45, 7) is 7.33. The van der Waals surface area contributed by atoms with Gasteiger partial charge < -0.3 is 10.6 Å². The van der Waals surface area contributed by atoms with Crippen molar-refractivity contribution in [3.8, 4) is 0 Å². The summed E-state index contributed by atoms with van der Waals surface area (Å²) in [7, 11) is 0. The van der Waals surface area contributed by atoms with E-state index in [9.17, 15) is 0 Å². The Labute approximate surface area is 114 Å². The lowest BCUT2D eigenvalue weighted by molar-refractivity contribution is 0.862. The van der Waals surface area contributed by atoms with Gasteiger partial charge in [0.1, 0.15) is 18.0 Å². The molecule has 1 unspecified atom stereocenters. The minimum absolute atomic E-state index is 0.417. The molecule has 0 bridgehead atoms. The van der Waals surface area contributed by atoms with E-state index in [2.05, 4.69) is 47.6 Å². The first-order valence-corrected chi connectivity index (χ1v) is 7.95. The zero-order valence-electron chi connectivity index (χ0n) is 11.8. The van der Waals surface area contributed by atoms with E-state index in [-0.39, 0.29) is 0 Å². The minimum atomic E-state index is 0.417. The first kappa shape index (κ1) is 15.1. The van der Waals surface area contributed by atoms with Gasteiger partial charge in [0.25, 0.3) is 0 Å². The Hall–Kier alpha value is -0.970. The van der Waals surface area contributed by atoms with Gasteiger partial charge in [0, 0.05) is 23.9 Å². The van der Waals surface area contributed by atoms with Gasteiger partial charge in [-0.15, -0.1) is 0 Å². The van der Waals surface area contributed by atoms with Crippen molar-refractivity contribution in [3.05, 3.63) is 11.9 Å². The molecule has 0 aliphatic heterocycles. The van der Waals surface area contributed by atoms with Gasteiger partial charge in [0.15, 0.2) is 0 Å². The van der Waals surface area contributed by atoms with E-state index in [1.807, 2.05) is 11.8 Å². The maximum Gasteiger partial charge on any atom is 0.134 e. The summed E-state index contributed by atoms with van der Waals surface area (Å²) < 4.78 is 0. The molecule has 1 rings (SSSR count). The maximum atomic E-state index is 4.39. The number of anilines is 2. The van der Waals surface area contributed by atoms with Crippen LogP contribution in [0.2, 0.25) is 0 Å². The molecule has 0 amide bonds. The molecule has 1 heterocycles. The van der Waals surface area contributed by atoms with Crippen LogP contribution in [0.4, 0.5) is 11.6 Å². The second-order valence-corrected chi connectivity index (χ2v) is 5.24. The Balaban J connectivity index is 2.90. The third-order valence-corrected chi connectivity index (χ3v) is 3.42. The summed E-state index contributed by atoms with van der Waals surface area (Å²) in [6.07, 6.45) is 5.84. The molecule has 102 valence electrons. The number of nitrogens with zero attached hydrogens (tertiary/aromatic N) is 2. The Morgan fingerprint density at radius 2 is 2.00 bits per heavy atom. The van der Waals surface area contributed by atoms with E-state index >= 15 is 0 Å². The lowest BCUT2D eigenvalue weighted by atomic mass is 10.1. The number of rotatable bonds is 8. The quantitative estimate of drug-likeness (QED) is 0.759. The third-order valence-electron chi connectivity index (χ3n) is 2.59. The Morgan fingerprint density at radius 1 is 1.28 bits per heavy atom. The number of thioether (sulfide) groups is 1. The molecule has 0 aromatic carbocycles. The molecule has 1 atom stereocenters. The molecule has 0 saturated carbocycles. The van der Waals surface area contributed by atoms with E-state index in [1.165, 1.54) is 5.56 Å². The van der Waals surface area contributed by atoms with Crippen molar-refractivity contribution in [3.63, 3.8) is 0 Å². The molecule has 1 aromatic heterocycles. The lowest BCUT2D eigenvalue weighted by Gasteiger charge is -2.18. The average molecular weight is 268 g/mol. The fourth-order valence-electron chi connectivity index (χ4n) is 1.87. The fraction of sp³-hybridized carbons (Fsp3) is 0.692. The smallest absolute Gasteiger partial charge is 0.134 e. The van der Waals surface area contributed by atoms with Crippen LogP contribution >= 0.6 is 11.8 Å². The zero-order chi connectivity index (χ0) is 13.4. The first-order chi connectivity index (χ1) is 8.72. The van der Waals surface area contributed by atoms with Crippen molar-refractivity contribution >= 4 is 23.4 Å². The van der Waals surface area contributed by atoms with Gasteiger partial charge in [-0.05, 0) is 26.5 Å². The molecule has 0 saturated heterocycles. The molecular weight excluding hydrogens is 244 g/mol. The second-order valence-electron chi connectivity index (χ2n) is 4.33. The average Bonchev–Trinajstić information content (AvgIpc) is 2.34. The molecule has 0 aliphatic rings. The number of hydrogen-bond acceptors (Lipinski definition) is 5. The van der Waals surface area contributed by atoms with E-state index in [4.69, 9.17) is 0 Å². The number of hydrogen-bond donors (Lipinski definition) is 2. The summed E-state index contributed by atoms with van der Waals surface area (Å²) in [6, 6.07) is 0.417. The highest BCUT2D eigenvalue weighted by Crippen LogP contribution is 2.22. The van der Waals surface area contributed by atoms with Crippen LogP contribution in [0.15, 0.2) is 6.33 Å². The summed E-state index contributed by atoms with van der Waals surface area (Å²) in [5, 5.41) is 6.79. The molecule has 0 aliphatic carbocycles. The van der Waals surface area contributed by atoms with Crippen molar-refractivity contribution in [2.45, 2.75) is 39.7 Å². The van der Waals surface area contributed by atoms with Gasteiger partial charge in [0.2, 0.25) is 0 Å². The topological polar surface area (TPSA) is 49.8 Å². The zero-order valence-corrected chi connectivity index (χ0v) is 12.6. The maximum absolute atomic E-state index is 4.39. The molecule has 0 radical (unpaired) electrons. The summed E-state index contributed by atoms with van der Waals surface area (Å²) in [5.74, 6) is 3.02. The van der Waals surface area contributed by atoms with Crippen LogP contribution in [-0.2, 0) is 6.42 Å². The normalized spacial score (nSPS) is 12.2. The van der Waals surface area contributed by atoms with Crippen molar-refractivity contribution in [2.75, 3.05) is 29.2 Å². The van der Waals surface area contributed by atoms with Crippen LogP contribution in [0, 0.1) is 0 Å². The van der Waals surface area contributed by atoms with Crippen molar-refractivity contribution in [2.24, 2.45) is 0 Å². The Morgan fingerprint density at radius 3 is 2.61 bits per heavy atom. The molecule has 0 fully saturated rings. The predicted octanol–water partition coefficient (Wildman–Crippen LogP) is 3.02. The molecule has 1 aromatic rings. The van der Waals surface area contributed by atoms with Crippen LogP contribution in [0.1, 0.15) is 32.8 Å². The summed E-state index contributed by atoms with van der Waals surface area (Å²) in [5.41, 5.74) is 1.20. The third kappa shape index (κ3) is 4.37. The van der Waals surface area contributed by atoms with Crippen LogP contribution in [0.5, 0.6) is 0 Å². The van der Waals surface area contributed by atoms with Crippen LogP contribution in [0.25, 0.3) is 0 Å². The molecule has 2 N–H and O–H groups in total. The molecule has 5 heteroatoms. The van der Waals surface area contributed by atoms with E-state index in [1.54, 1.807) is 6.33 Å². The standard InChI is InChI=1S/C13H24N4S/c1-5-7-11-12(14-6-2)15-9-16-13(11)17-10(3)8-18-4/h9-10H,5-8H2,1-4H3,(H2,14,15,16,17). The fourth-order valence-corrected chi connectivity index (χ4v) is 2.45. The highest BCUT2D eigenvalue weighted by Gasteiger charge is 2.12. The van der Waals surface area contributed by atoms with Crippen LogP contribution < -0.4 is 10.6 Å². The monoisotopic (exact) mass is 268 g/mol. The largest absolute Gasteiger partial charge is 0.370 e. The van der Waals surface area contributed by atoms with Gasteiger partial charge in [-0.2, -0.15) is 11.8 Å². The summed E-state index contributed by atoms with van der Waals surface area (Å²) >= 11 is 1.84. The lowest BCUT2D eigenvalue weighted by Crippen LogP contribution is -2.20. The Bertz CT molecular complexity index is 357. The molecule has 0 spiro atoms. The van der Waals surface area contributed by atoms with Crippen molar-refractivity contribution in [1.82, 2.24) is 9.97 Å². The van der Waals surface area contributed by atoms with Crippen LogP contribution in [0.3, 0.4) is 0 Å². The number of nitrogens with one attached hydrogen (secondary N) is 2. The SMILES string of the molecule is CCCc1c(NCC)ncnc1NC(C)CSC. The predicted molar refractivity (Wildman–Crippen MR) is 81.7 cm³/mol. The van der Waals surface area contributed by atoms with E-state index in [0.29, 0.717) is 6.04 Å².